The average molecular weight is 374 g/mol. The van der Waals surface area contributed by atoms with E-state index >= 15 is 0 Å². The lowest BCUT2D eigenvalue weighted by atomic mass is 9.94. The molecule has 24 heavy (non-hydrogen) atoms. The molecule has 1 heterocycles. The molecule has 0 unspecified atom stereocenters. The summed E-state index contributed by atoms with van der Waals surface area (Å²) < 4.78 is 5.39. The van der Waals surface area contributed by atoms with Gasteiger partial charge in [0.25, 0.3) is 5.91 Å². The van der Waals surface area contributed by atoms with Crippen LogP contribution in [0.3, 0.4) is 0 Å². The number of amides is 1. The predicted octanol–water partition coefficient (Wildman–Crippen LogP) is 3.74. The second-order valence-electron chi connectivity index (χ2n) is 5.65. The van der Waals surface area contributed by atoms with Crippen molar-refractivity contribution in [2.75, 3.05) is 6.54 Å². The number of carbonyl (C=O) groups is 1. The number of oxazole rings is 1. The average Bonchev–Trinajstić information content (AvgIpc) is 3.02. The first kappa shape index (κ1) is 22.4. The van der Waals surface area contributed by atoms with E-state index in [9.17, 15) is 4.79 Å². The summed E-state index contributed by atoms with van der Waals surface area (Å²) in [6.07, 6.45) is 2.89. The minimum atomic E-state index is -0.385. The van der Waals surface area contributed by atoms with Gasteiger partial charge in [-0.1, -0.05) is 43.7 Å². The minimum Gasteiger partial charge on any atom is -0.443 e. The number of benzene rings is 1. The Morgan fingerprint density at radius 3 is 2.33 bits per heavy atom. The number of aryl methyl sites for hydroxylation is 1. The van der Waals surface area contributed by atoms with Gasteiger partial charge in [-0.2, -0.15) is 0 Å². The second kappa shape index (κ2) is 9.67. The molecule has 0 aliphatic carbocycles. The fourth-order valence-corrected chi connectivity index (χ4v) is 2.16. The summed E-state index contributed by atoms with van der Waals surface area (Å²) in [6.45, 7) is 6.46. The van der Waals surface area contributed by atoms with Crippen LogP contribution in [0.5, 0.6) is 0 Å². The monoisotopic (exact) mass is 373 g/mol. The van der Waals surface area contributed by atoms with E-state index in [0.29, 0.717) is 18.0 Å². The van der Waals surface area contributed by atoms with Gasteiger partial charge >= 0.3 is 0 Å². The van der Waals surface area contributed by atoms with Gasteiger partial charge in [0.15, 0.2) is 17.8 Å². The molecule has 1 aromatic carbocycles. The number of nitrogens with one attached hydrogen (secondary N) is 1. The molecule has 0 fully saturated rings. The van der Waals surface area contributed by atoms with Gasteiger partial charge in [-0.15, -0.1) is 24.8 Å². The van der Waals surface area contributed by atoms with Crippen LogP contribution < -0.4 is 11.1 Å². The predicted molar refractivity (Wildman–Crippen MR) is 101 cm³/mol. The number of aromatic nitrogens is 1. The molecule has 7 heteroatoms. The summed E-state index contributed by atoms with van der Waals surface area (Å²) in [5, 5.41) is 2.86. The third-order valence-corrected chi connectivity index (χ3v) is 4.11. The van der Waals surface area contributed by atoms with Crippen molar-refractivity contribution in [2.45, 2.75) is 39.2 Å². The van der Waals surface area contributed by atoms with Crippen LogP contribution in [0.15, 0.2) is 35.1 Å². The van der Waals surface area contributed by atoms with Gasteiger partial charge in [0.05, 0.1) is 0 Å². The Balaban J connectivity index is 0.00000264. The first-order chi connectivity index (χ1) is 10.5. The molecule has 0 bridgehead atoms. The second-order valence-corrected chi connectivity index (χ2v) is 5.65. The van der Waals surface area contributed by atoms with E-state index in [2.05, 4.69) is 10.3 Å². The van der Waals surface area contributed by atoms with E-state index in [-0.39, 0.29) is 36.3 Å². The largest absolute Gasteiger partial charge is 0.443 e. The van der Waals surface area contributed by atoms with Crippen LogP contribution in [0, 0.1) is 6.92 Å². The third kappa shape index (κ3) is 5.23. The van der Waals surface area contributed by atoms with Gasteiger partial charge in [0.1, 0.15) is 0 Å². The number of carbonyl (C=O) groups excluding carboxylic acids is 1. The van der Waals surface area contributed by atoms with Gasteiger partial charge in [0, 0.05) is 17.6 Å². The molecule has 3 N–H and O–H groups in total. The summed E-state index contributed by atoms with van der Waals surface area (Å²) in [5.74, 6) is 0.217. The molecule has 1 amide bonds. The molecule has 0 radical (unpaired) electrons. The van der Waals surface area contributed by atoms with E-state index in [1.54, 1.807) is 0 Å². The van der Waals surface area contributed by atoms with Crippen molar-refractivity contribution >= 4 is 30.7 Å². The van der Waals surface area contributed by atoms with Crippen LogP contribution in [0.2, 0.25) is 0 Å². The number of halogens is 2. The van der Waals surface area contributed by atoms with Crippen LogP contribution >= 0.6 is 24.8 Å². The summed E-state index contributed by atoms with van der Waals surface area (Å²) in [7, 11) is 0. The molecule has 0 atom stereocenters. The molecule has 0 aliphatic heterocycles. The van der Waals surface area contributed by atoms with Gasteiger partial charge in [0.2, 0.25) is 0 Å². The highest BCUT2D eigenvalue weighted by molar-refractivity contribution is 5.97. The molecule has 0 saturated heterocycles. The Labute approximate surface area is 155 Å². The van der Waals surface area contributed by atoms with E-state index < -0.39 is 0 Å². The molecule has 0 saturated carbocycles. The van der Waals surface area contributed by atoms with Crippen molar-refractivity contribution in [1.29, 1.82) is 0 Å². The molecular weight excluding hydrogens is 349 g/mol. The van der Waals surface area contributed by atoms with Crippen molar-refractivity contribution in [2.24, 2.45) is 5.73 Å². The zero-order valence-corrected chi connectivity index (χ0v) is 15.8. The Bertz CT molecular complexity index is 638. The number of rotatable bonds is 6. The smallest absolute Gasteiger partial charge is 0.273 e. The van der Waals surface area contributed by atoms with E-state index in [0.717, 1.165) is 24.0 Å². The molecule has 0 aliphatic rings. The lowest BCUT2D eigenvalue weighted by Gasteiger charge is -2.26. The Hall–Kier alpha value is -1.56. The molecule has 0 spiro atoms. The number of hydrogen-bond acceptors (Lipinski definition) is 4. The molecule has 5 nitrogen and oxygen atoms in total. The fraction of sp³-hybridized carbons (Fsp3) is 0.412. The van der Waals surface area contributed by atoms with E-state index in [1.165, 1.54) is 6.39 Å². The highest BCUT2D eigenvalue weighted by Gasteiger charge is 2.24. The maximum atomic E-state index is 12.4. The Kier molecular flexibility index (Phi) is 9.04. The lowest BCUT2D eigenvalue weighted by Crippen LogP contribution is -2.49. The maximum Gasteiger partial charge on any atom is 0.273 e. The normalized spacial score (nSPS) is 10.5. The summed E-state index contributed by atoms with van der Waals surface area (Å²) >= 11 is 0. The lowest BCUT2D eigenvalue weighted by molar-refractivity contribution is 0.0938. The van der Waals surface area contributed by atoms with Crippen molar-refractivity contribution in [1.82, 2.24) is 10.3 Å². The zero-order chi connectivity index (χ0) is 16.2. The standard InChI is InChI=1S/C17H23N3O2.2ClH/c1-4-17(18,5-2)10-19-16(21)14-15(22-11-20-14)13-8-6-12(3)7-9-13;;/h6-9,11H,4-5,10,18H2,1-3H3,(H,19,21);2*1H. The minimum absolute atomic E-state index is 0. The third-order valence-electron chi connectivity index (χ3n) is 4.11. The van der Waals surface area contributed by atoms with Gasteiger partial charge < -0.3 is 15.5 Å². The molecule has 134 valence electrons. The number of hydrogen-bond donors (Lipinski definition) is 2. The summed E-state index contributed by atoms with van der Waals surface area (Å²) in [4.78, 5) is 16.4. The molecule has 1 aromatic heterocycles. The van der Waals surface area contributed by atoms with E-state index in [1.807, 2.05) is 45.0 Å². The van der Waals surface area contributed by atoms with Gasteiger partial charge in [-0.25, -0.2) is 4.98 Å². The number of nitrogens with zero attached hydrogens (tertiary/aromatic N) is 1. The first-order valence-electron chi connectivity index (χ1n) is 7.56. The van der Waals surface area contributed by atoms with Gasteiger partial charge in [-0.05, 0) is 19.8 Å². The Morgan fingerprint density at radius 1 is 1.21 bits per heavy atom. The van der Waals surface area contributed by atoms with Crippen molar-refractivity contribution < 1.29 is 9.21 Å². The Morgan fingerprint density at radius 2 is 1.79 bits per heavy atom. The number of nitrogens with two attached hydrogens (primary N) is 1. The topological polar surface area (TPSA) is 81.1 Å². The SMILES string of the molecule is CCC(N)(CC)CNC(=O)c1ncoc1-c1ccc(C)cc1.Cl.Cl. The van der Waals surface area contributed by atoms with Crippen molar-refractivity contribution in [3.63, 3.8) is 0 Å². The fourth-order valence-electron chi connectivity index (χ4n) is 2.16. The highest BCUT2D eigenvalue weighted by Crippen LogP contribution is 2.23. The van der Waals surface area contributed by atoms with Crippen LogP contribution in [-0.2, 0) is 0 Å². The van der Waals surface area contributed by atoms with E-state index in [4.69, 9.17) is 10.2 Å². The molecule has 2 rings (SSSR count). The highest BCUT2D eigenvalue weighted by atomic mass is 35.5. The van der Waals surface area contributed by atoms with Crippen LogP contribution in [0.4, 0.5) is 0 Å². The molecule has 2 aromatic rings. The van der Waals surface area contributed by atoms with Crippen LogP contribution in [0.25, 0.3) is 11.3 Å². The van der Waals surface area contributed by atoms with Crippen LogP contribution in [-0.4, -0.2) is 23.0 Å². The first-order valence-corrected chi connectivity index (χ1v) is 7.56. The van der Waals surface area contributed by atoms with Gasteiger partial charge in [-0.3, -0.25) is 4.79 Å². The van der Waals surface area contributed by atoms with Crippen LogP contribution in [0.1, 0.15) is 42.7 Å². The van der Waals surface area contributed by atoms with Crippen molar-refractivity contribution in [3.8, 4) is 11.3 Å². The summed E-state index contributed by atoms with van der Waals surface area (Å²) in [5.41, 5.74) is 8.09. The molecular formula is C17H25Cl2N3O2. The summed E-state index contributed by atoms with van der Waals surface area (Å²) in [6, 6.07) is 7.77. The maximum absolute atomic E-state index is 12.4. The van der Waals surface area contributed by atoms with Crippen molar-refractivity contribution in [3.05, 3.63) is 41.9 Å². The zero-order valence-electron chi connectivity index (χ0n) is 14.2. The quantitative estimate of drug-likeness (QED) is 0.807.